The number of hydrogen-bond acceptors (Lipinski definition) is 5. The van der Waals surface area contributed by atoms with Crippen molar-refractivity contribution in [2.24, 2.45) is 0 Å². The highest BCUT2D eigenvalue weighted by Crippen LogP contribution is 2.27. The topological polar surface area (TPSA) is 72.8 Å². The van der Waals surface area contributed by atoms with E-state index in [0.29, 0.717) is 6.61 Å². The standard InChI is InChI=1S/C19H17BrN4O2S/c1-12(13-2-4-16-17(10-13)27-19(25)22-16)15-6-8-24(23-15)18-5-3-14(11-21-18)26-9-7-20/h2-6,8,10-12H,7,9H2,1H3,(H,22,25)/t12-/m0/s1. The van der Waals surface area contributed by atoms with Crippen LogP contribution in [0.1, 0.15) is 24.1 Å². The van der Waals surface area contributed by atoms with Gasteiger partial charge in [-0.1, -0.05) is 40.3 Å². The summed E-state index contributed by atoms with van der Waals surface area (Å²) >= 11 is 4.56. The quantitative estimate of drug-likeness (QED) is 0.454. The van der Waals surface area contributed by atoms with E-state index in [1.165, 1.54) is 11.3 Å². The van der Waals surface area contributed by atoms with Crippen molar-refractivity contribution in [3.63, 3.8) is 0 Å². The second-order valence-corrected chi connectivity index (χ2v) is 7.87. The molecule has 1 N–H and O–H groups in total. The minimum Gasteiger partial charge on any atom is -0.491 e. The van der Waals surface area contributed by atoms with E-state index >= 15 is 0 Å². The number of H-pyrrole nitrogens is 1. The van der Waals surface area contributed by atoms with Crippen LogP contribution in [0.2, 0.25) is 0 Å². The first-order valence-electron chi connectivity index (χ1n) is 8.47. The van der Waals surface area contributed by atoms with E-state index in [2.05, 4.69) is 44.0 Å². The minimum absolute atomic E-state index is 0.0336. The molecule has 0 unspecified atom stereocenters. The smallest absolute Gasteiger partial charge is 0.305 e. The number of hydrogen-bond donors (Lipinski definition) is 1. The van der Waals surface area contributed by atoms with Crippen molar-refractivity contribution in [3.8, 4) is 11.6 Å². The largest absolute Gasteiger partial charge is 0.491 e. The first kappa shape index (κ1) is 17.9. The molecule has 0 aliphatic rings. The monoisotopic (exact) mass is 444 g/mol. The Kier molecular flexibility index (Phi) is 5.09. The lowest BCUT2D eigenvalue weighted by Crippen LogP contribution is -2.03. The number of nitrogens with zero attached hydrogens (tertiary/aromatic N) is 3. The number of aromatic amines is 1. The number of pyridine rings is 1. The molecule has 0 saturated heterocycles. The number of halogens is 1. The summed E-state index contributed by atoms with van der Waals surface area (Å²) in [6, 6.07) is 11.8. The molecule has 0 saturated carbocycles. The van der Waals surface area contributed by atoms with Crippen molar-refractivity contribution in [2.75, 3.05) is 11.9 Å². The summed E-state index contributed by atoms with van der Waals surface area (Å²) in [6.07, 6.45) is 3.60. The molecule has 0 aliphatic heterocycles. The fraction of sp³-hybridized carbons (Fsp3) is 0.211. The summed E-state index contributed by atoms with van der Waals surface area (Å²) in [5, 5.41) is 5.45. The van der Waals surface area contributed by atoms with Crippen LogP contribution in [0.5, 0.6) is 5.75 Å². The van der Waals surface area contributed by atoms with E-state index < -0.39 is 0 Å². The molecule has 4 rings (SSSR count). The molecule has 138 valence electrons. The fourth-order valence-corrected chi connectivity index (χ4v) is 3.80. The van der Waals surface area contributed by atoms with E-state index in [-0.39, 0.29) is 10.8 Å². The van der Waals surface area contributed by atoms with Crippen LogP contribution in [-0.4, -0.2) is 31.7 Å². The summed E-state index contributed by atoms with van der Waals surface area (Å²) < 4.78 is 8.24. The third-order valence-corrected chi connectivity index (χ3v) is 5.47. The van der Waals surface area contributed by atoms with Crippen LogP contribution >= 0.6 is 27.3 Å². The lowest BCUT2D eigenvalue weighted by molar-refractivity contribution is 0.343. The van der Waals surface area contributed by atoms with Crippen LogP contribution in [0.25, 0.3) is 16.0 Å². The molecule has 0 radical (unpaired) electrons. The van der Waals surface area contributed by atoms with E-state index in [0.717, 1.165) is 38.4 Å². The third-order valence-electron chi connectivity index (χ3n) is 4.30. The summed E-state index contributed by atoms with van der Waals surface area (Å²) in [6.45, 7) is 2.71. The van der Waals surface area contributed by atoms with Gasteiger partial charge in [0.15, 0.2) is 5.82 Å². The van der Waals surface area contributed by atoms with Crippen LogP contribution < -0.4 is 9.61 Å². The number of alkyl halides is 1. The Labute approximate surface area is 168 Å². The maximum Gasteiger partial charge on any atom is 0.305 e. The van der Waals surface area contributed by atoms with E-state index in [9.17, 15) is 4.79 Å². The van der Waals surface area contributed by atoms with Crippen LogP contribution in [0.3, 0.4) is 0 Å². The van der Waals surface area contributed by atoms with Crippen molar-refractivity contribution in [2.45, 2.75) is 12.8 Å². The molecule has 8 heteroatoms. The van der Waals surface area contributed by atoms with Crippen LogP contribution in [0, 0.1) is 0 Å². The molecule has 6 nitrogen and oxygen atoms in total. The lowest BCUT2D eigenvalue weighted by Gasteiger charge is -2.09. The average Bonchev–Trinajstić information content (AvgIpc) is 3.31. The zero-order valence-corrected chi connectivity index (χ0v) is 17.0. The van der Waals surface area contributed by atoms with Crippen molar-refractivity contribution in [3.05, 3.63) is 69.7 Å². The van der Waals surface area contributed by atoms with Crippen molar-refractivity contribution >= 4 is 37.5 Å². The zero-order chi connectivity index (χ0) is 18.8. The Hall–Kier alpha value is -2.45. The summed E-state index contributed by atoms with van der Waals surface area (Å²) in [7, 11) is 0. The predicted molar refractivity (Wildman–Crippen MR) is 111 cm³/mol. The Bertz CT molecular complexity index is 1120. The van der Waals surface area contributed by atoms with Gasteiger partial charge in [-0.3, -0.25) is 4.79 Å². The molecule has 0 aliphatic carbocycles. The van der Waals surface area contributed by atoms with Gasteiger partial charge in [-0.05, 0) is 35.9 Å². The molecule has 1 aromatic carbocycles. The number of thiazole rings is 1. The Balaban J connectivity index is 1.56. The van der Waals surface area contributed by atoms with Gasteiger partial charge in [0.1, 0.15) is 5.75 Å². The van der Waals surface area contributed by atoms with E-state index in [4.69, 9.17) is 4.74 Å². The highest BCUT2D eigenvalue weighted by atomic mass is 79.9. The Morgan fingerprint density at radius 3 is 2.96 bits per heavy atom. The van der Waals surface area contributed by atoms with Gasteiger partial charge in [0.05, 0.1) is 28.7 Å². The zero-order valence-electron chi connectivity index (χ0n) is 14.6. The highest BCUT2D eigenvalue weighted by molar-refractivity contribution is 9.09. The maximum absolute atomic E-state index is 11.5. The molecular formula is C19H17BrN4O2S. The van der Waals surface area contributed by atoms with Crippen molar-refractivity contribution < 1.29 is 4.74 Å². The molecule has 0 bridgehead atoms. The highest BCUT2D eigenvalue weighted by Gasteiger charge is 2.14. The van der Waals surface area contributed by atoms with Gasteiger partial charge in [0.25, 0.3) is 0 Å². The lowest BCUT2D eigenvalue weighted by atomic mass is 9.98. The number of benzene rings is 1. The van der Waals surface area contributed by atoms with Crippen molar-refractivity contribution in [1.29, 1.82) is 0 Å². The van der Waals surface area contributed by atoms with Gasteiger partial charge in [0, 0.05) is 17.4 Å². The average molecular weight is 445 g/mol. The van der Waals surface area contributed by atoms with Gasteiger partial charge in [-0.15, -0.1) is 0 Å². The van der Waals surface area contributed by atoms with Gasteiger partial charge < -0.3 is 9.72 Å². The number of aromatic nitrogens is 4. The molecular weight excluding hydrogens is 428 g/mol. The summed E-state index contributed by atoms with van der Waals surface area (Å²) in [4.78, 5) is 18.7. The third kappa shape index (κ3) is 3.81. The van der Waals surface area contributed by atoms with Gasteiger partial charge in [0.2, 0.25) is 0 Å². The van der Waals surface area contributed by atoms with Gasteiger partial charge >= 0.3 is 4.87 Å². The molecule has 0 amide bonds. The Morgan fingerprint density at radius 1 is 1.30 bits per heavy atom. The number of ether oxygens (including phenoxy) is 1. The summed E-state index contributed by atoms with van der Waals surface area (Å²) in [5.41, 5.74) is 2.94. The second kappa shape index (κ2) is 7.66. The first-order valence-corrected chi connectivity index (χ1v) is 10.4. The fourth-order valence-electron chi connectivity index (χ4n) is 2.85. The van der Waals surface area contributed by atoms with Crippen LogP contribution in [0.15, 0.2) is 53.6 Å². The molecule has 0 fully saturated rings. The molecule has 0 spiro atoms. The maximum atomic E-state index is 11.5. The van der Waals surface area contributed by atoms with Gasteiger partial charge in [-0.2, -0.15) is 5.10 Å². The predicted octanol–water partition coefficient (Wildman–Crippen LogP) is 4.10. The molecule has 3 aromatic heterocycles. The Morgan fingerprint density at radius 2 is 2.19 bits per heavy atom. The first-order chi connectivity index (χ1) is 13.1. The van der Waals surface area contributed by atoms with Crippen LogP contribution in [-0.2, 0) is 0 Å². The number of nitrogens with one attached hydrogen (secondary N) is 1. The second-order valence-electron chi connectivity index (χ2n) is 6.07. The SMILES string of the molecule is C[C@@H](c1ccc2[nH]c(=O)sc2c1)c1ccn(-c2ccc(OCCBr)cn2)n1. The van der Waals surface area contributed by atoms with Gasteiger partial charge in [-0.25, -0.2) is 9.67 Å². The minimum atomic E-state index is -0.0336. The molecule has 3 heterocycles. The van der Waals surface area contributed by atoms with Crippen LogP contribution in [0.4, 0.5) is 0 Å². The number of fused-ring (bicyclic) bond motifs is 1. The summed E-state index contributed by atoms with van der Waals surface area (Å²) in [5.74, 6) is 1.58. The van der Waals surface area contributed by atoms with E-state index in [1.807, 2.05) is 36.5 Å². The number of rotatable bonds is 6. The van der Waals surface area contributed by atoms with E-state index in [1.54, 1.807) is 10.9 Å². The normalized spacial score (nSPS) is 12.4. The van der Waals surface area contributed by atoms with Crippen molar-refractivity contribution in [1.82, 2.24) is 19.7 Å². The molecule has 4 aromatic rings. The molecule has 27 heavy (non-hydrogen) atoms. The molecule has 1 atom stereocenters.